The molecule has 4 nitrogen and oxygen atoms in total. The van der Waals surface area contributed by atoms with Gasteiger partial charge in [0.25, 0.3) is 0 Å². The summed E-state index contributed by atoms with van der Waals surface area (Å²) in [5.41, 5.74) is 0. The summed E-state index contributed by atoms with van der Waals surface area (Å²) < 4.78 is 7.06. The lowest BCUT2D eigenvalue weighted by Crippen LogP contribution is -2.02. The monoisotopic (exact) mass is 361 g/mol. The van der Waals surface area contributed by atoms with Gasteiger partial charge in [-0.05, 0) is 30.3 Å². The number of nitrogens with zero attached hydrogens (tertiary/aromatic N) is 3. The predicted molar refractivity (Wildman–Crippen MR) is 97.9 cm³/mol. The van der Waals surface area contributed by atoms with E-state index in [9.17, 15) is 0 Å². The Morgan fingerprint density at radius 1 is 1.22 bits per heavy atom. The molecule has 1 aromatic carbocycles. The van der Waals surface area contributed by atoms with Crippen LogP contribution >= 0.6 is 34.7 Å². The molecule has 0 saturated carbocycles. The van der Waals surface area contributed by atoms with E-state index in [1.165, 1.54) is 0 Å². The summed E-state index contributed by atoms with van der Waals surface area (Å²) in [6, 6.07) is 9.44. The second-order valence-electron chi connectivity index (χ2n) is 5.05. The fourth-order valence-corrected chi connectivity index (χ4v) is 4.36. The van der Waals surface area contributed by atoms with Crippen LogP contribution in [0.15, 0.2) is 47.8 Å². The van der Waals surface area contributed by atoms with Gasteiger partial charge >= 0.3 is 0 Å². The molecule has 0 amide bonds. The number of benzene rings is 1. The first-order valence-corrected chi connectivity index (χ1v) is 9.11. The van der Waals surface area contributed by atoms with Gasteiger partial charge in [-0.2, -0.15) is 5.10 Å². The summed E-state index contributed by atoms with van der Waals surface area (Å²) in [6.45, 7) is 0. The number of aromatic nitrogens is 1. The standard InChI is InChI=1S/C16H12ClN3OS2/c1-20-9-22-16(19-20)14-6-12-13(7-18-8-15(12)23-14)21-11-4-2-10(17)3-5-11/h2-8H,9H2,1H3. The van der Waals surface area contributed by atoms with E-state index in [-0.39, 0.29) is 0 Å². The quantitative estimate of drug-likeness (QED) is 0.655. The molecule has 3 heterocycles. The number of hydrazone groups is 1. The molecule has 0 saturated heterocycles. The molecule has 0 fully saturated rings. The summed E-state index contributed by atoms with van der Waals surface area (Å²) in [5.74, 6) is 2.36. The molecule has 0 unspecified atom stereocenters. The number of hydrogen-bond acceptors (Lipinski definition) is 6. The Bertz CT molecular complexity index is 892. The number of hydrogen-bond donors (Lipinski definition) is 0. The van der Waals surface area contributed by atoms with Gasteiger partial charge < -0.3 is 4.74 Å². The first-order valence-electron chi connectivity index (χ1n) is 6.93. The molecule has 4 rings (SSSR count). The lowest BCUT2D eigenvalue weighted by Gasteiger charge is -2.06. The van der Waals surface area contributed by atoms with Gasteiger partial charge in [-0.1, -0.05) is 23.4 Å². The third-order valence-electron chi connectivity index (χ3n) is 3.31. The molecule has 116 valence electrons. The van der Waals surface area contributed by atoms with Gasteiger partial charge in [0.05, 0.1) is 21.7 Å². The fourth-order valence-electron chi connectivity index (χ4n) is 2.24. The van der Waals surface area contributed by atoms with Gasteiger partial charge in [0.15, 0.2) is 5.75 Å². The van der Waals surface area contributed by atoms with E-state index in [2.05, 4.69) is 16.2 Å². The van der Waals surface area contributed by atoms with Crippen LogP contribution in [0.4, 0.5) is 0 Å². The second kappa shape index (κ2) is 6.03. The molecule has 0 spiro atoms. The van der Waals surface area contributed by atoms with Crippen molar-refractivity contribution in [2.45, 2.75) is 0 Å². The fraction of sp³-hybridized carbons (Fsp3) is 0.125. The zero-order valence-corrected chi connectivity index (χ0v) is 14.6. The first-order chi connectivity index (χ1) is 11.2. The smallest absolute Gasteiger partial charge is 0.154 e. The van der Waals surface area contributed by atoms with Crippen LogP contribution < -0.4 is 4.74 Å². The molecule has 0 bridgehead atoms. The van der Waals surface area contributed by atoms with E-state index < -0.39 is 0 Å². The van der Waals surface area contributed by atoms with E-state index in [1.54, 1.807) is 29.3 Å². The molecule has 0 radical (unpaired) electrons. The van der Waals surface area contributed by atoms with Crippen LogP contribution in [0.2, 0.25) is 5.02 Å². The Morgan fingerprint density at radius 3 is 2.78 bits per heavy atom. The van der Waals surface area contributed by atoms with Gasteiger partial charge in [0, 0.05) is 23.7 Å². The Labute approximate surface area is 146 Å². The average Bonchev–Trinajstić information content (AvgIpc) is 3.16. The molecule has 1 aliphatic rings. The van der Waals surface area contributed by atoms with Crippen LogP contribution in [0.5, 0.6) is 11.5 Å². The maximum Gasteiger partial charge on any atom is 0.154 e. The normalized spacial score (nSPS) is 14.3. The van der Waals surface area contributed by atoms with Crippen molar-refractivity contribution in [1.29, 1.82) is 0 Å². The van der Waals surface area contributed by atoms with Gasteiger partial charge in [-0.25, -0.2) is 0 Å². The van der Waals surface area contributed by atoms with Crippen molar-refractivity contribution in [2.24, 2.45) is 5.10 Å². The third kappa shape index (κ3) is 3.02. The van der Waals surface area contributed by atoms with Crippen LogP contribution in [0, 0.1) is 0 Å². The second-order valence-corrected chi connectivity index (χ2v) is 7.51. The lowest BCUT2D eigenvalue weighted by molar-refractivity contribution is 0.430. The lowest BCUT2D eigenvalue weighted by atomic mass is 10.3. The maximum atomic E-state index is 5.97. The van der Waals surface area contributed by atoms with Crippen molar-refractivity contribution >= 4 is 49.8 Å². The van der Waals surface area contributed by atoms with Crippen molar-refractivity contribution in [3.8, 4) is 11.5 Å². The summed E-state index contributed by atoms with van der Waals surface area (Å²) in [6.07, 6.45) is 3.60. The summed E-state index contributed by atoms with van der Waals surface area (Å²) >= 11 is 9.33. The van der Waals surface area contributed by atoms with Gasteiger partial charge in [0.2, 0.25) is 0 Å². The molecule has 0 aliphatic carbocycles. The minimum absolute atomic E-state index is 0.687. The minimum atomic E-state index is 0.687. The van der Waals surface area contributed by atoms with Gasteiger partial charge in [-0.3, -0.25) is 9.99 Å². The molecule has 23 heavy (non-hydrogen) atoms. The highest BCUT2D eigenvalue weighted by Crippen LogP contribution is 2.37. The Kier molecular flexibility index (Phi) is 3.88. The van der Waals surface area contributed by atoms with Crippen molar-refractivity contribution in [3.05, 3.63) is 52.6 Å². The Balaban J connectivity index is 1.71. The topological polar surface area (TPSA) is 37.7 Å². The van der Waals surface area contributed by atoms with Gasteiger partial charge in [-0.15, -0.1) is 11.3 Å². The molecule has 0 N–H and O–H groups in total. The number of ether oxygens (including phenoxy) is 1. The number of fused-ring (bicyclic) bond motifs is 1. The first kappa shape index (κ1) is 14.8. The molecule has 0 atom stereocenters. The highest BCUT2D eigenvalue weighted by molar-refractivity contribution is 8.14. The highest BCUT2D eigenvalue weighted by Gasteiger charge is 2.18. The zero-order chi connectivity index (χ0) is 15.8. The maximum absolute atomic E-state index is 5.97. The zero-order valence-electron chi connectivity index (χ0n) is 12.2. The summed E-state index contributed by atoms with van der Waals surface area (Å²) in [5, 5.41) is 9.25. The molecule has 3 aromatic rings. The van der Waals surface area contributed by atoms with E-state index >= 15 is 0 Å². The molecular weight excluding hydrogens is 350 g/mol. The van der Waals surface area contributed by atoms with Crippen molar-refractivity contribution in [3.63, 3.8) is 0 Å². The third-order valence-corrected chi connectivity index (χ3v) is 5.85. The van der Waals surface area contributed by atoms with Gasteiger partial charge in [0.1, 0.15) is 10.8 Å². The minimum Gasteiger partial charge on any atom is -0.455 e. The number of halogens is 1. The average molecular weight is 362 g/mol. The Hall–Kier alpha value is -1.76. The number of pyridine rings is 1. The number of thioether (sulfide) groups is 1. The van der Waals surface area contributed by atoms with E-state index in [0.717, 1.165) is 37.4 Å². The predicted octanol–water partition coefficient (Wildman–Crippen LogP) is 5.04. The Morgan fingerprint density at radius 2 is 2.04 bits per heavy atom. The highest BCUT2D eigenvalue weighted by atomic mass is 35.5. The molecule has 1 aliphatic heterocycles. The largest absolute Gasteiger partial charge is 0.455 e. The number of thiophene rings is 1. The van der Waals surface area contributed by atoms with Crippen LogP contribution in [-0.4, -0.2) is 28.0 Å². The van der Waals surface area contributed by atoms with Crippen molar-refractivity contribution in [1.82, 2.24) is 9.99 Å². The molecule has 2 aromatic heterocycles. The van der Waals surface area contributed by atoms with Crippen LogP contribution in [0.3, 0.4) is 0 Å². The molecular formula is C16H12ClN3OS2. The summed E-state index contributed by atoms with van der Waals surface area (Å²) in [7, 11) is 1.98. The summed E-state index contributed by atoms with van der Waals surface area (Å²) in [4.78, 5) is 5.43. The van der Waals surface area contributed by atoms with Crippen molar-refractivity contribution in [2.75, 3.05) is 12.9 Å². The molecule has 7 heteroatoms. The van der Waals surface area contributed by atoms with E-state index in [1.807, 2.05) is 42.5 Å². The van der Waals surface area contributed by atoms with Crippen LogP contribution in [-0.2, 0) is 0 Å². The van der Waals surface area contributed by atoms with Crippen molar-refractivity contribution < 1.29 is 4.74 Å². The van der Waals surface area contributed by atoms with E-state index in [0.29, 0.717) is 5.02 Å². The number of rotatable bonds is 3. The van der Waals surface area contributed by atoms with Crippen LogP contribution in [0.25, 0.3) is 10.1 Å². The SMILES string of the molecule is CN1CSC(c2cc3c(Oc4ccc(Cl)cc4)cncc3s2)=N1. The van der Waals surface area contributed by atoms with E-state index in [4.69, 9.17) is 16.3 Å². The van der Waals surface area contributed by atoms with Crippen LogP contribution in [0.1, 0.15) is 4.88 Å².